The zero-order valence-electron chi connectivity index (χ0n) is 16.4. The van der Waals surface area contributed by atoms with Crippen molar-refractivity contribution >= 4 is 17.0 Å². The van der Waals surface area contributed by atoms with Crippen molar-refractivity contribution in [1.82, 2.24) is 20.6 Å². The molecular weight excluding hydrogens is 334 g/mol. The van der Waals surface area contributed by atoms with Crippen molar-refractivity contribution in [2.75, 3.05) is 20.1 Å². The van der Waals surface area contributed by atoms with Crippen LogP contribution in [-0.4, -0.2) is 36.1 Å². The molecule has 1 unspecified atom stereocenters. The molecule has 0 radical (unpaired) electrons. The van der Waals surface area contributed by atoms with Crippen LogP contribution < -0.4 is 10.6 Å². The van der Waals surface area contributed by atoms with E-state index in [1.165, 1.54) is 11.1 Å². The van der Waals surface area contributed by atoms with Gasteiger partial charge in [-0.05, 0) is 37.0 Å². The van der Waals surface area contributed by atoms with Crippen LogP contribution in [0.25, 0.3) is 11.0 Å². The lowest BCUT2D eigenvalue weighted by Gasteiger charge is -2.16. The fraction of sp³-hybridized carbons (Fsp3) is 0.364. The average Bonchev–Trinajstić information content (AvgIpc) is 3.10. The number of hydrogen-bond acceptors (Lipinski definition) is 2. The summed E-state index contributed by atoms with van der Waals surface area (Å²) >= 11 is 0. The van der Waals surface area contributed by atoms with Crippen LogP contribution in [0.1, 0.15) is 36.2 Å². The number of rotatable bonds is 7. The lowest BCUT2D eigenvalue weighted by molar-refractivity contribution is 0.684. The maximum absolute atomic E-state index is 4.62. The summed E-state index contributed by atoms with van der Waals surface area (Å²) in [5, 5.41) is 6.81. The molecular formula is C22H29N5. The van der Waals surface area contributed by atoms with E-state index in [1.54, 1.807) is 0 Å². The monoisotopic (exact) mass is 363 g/mol. The highest BCUT2D eigenvalue weighted by atomic mass is 15.2. The van der Waals surface area contributed by atoms with E-state index >= 15 is 0 Å². The molecule has 3 aromatic rings. The van der Waals surface area contributed by atoms with Crippen molar-refractivity contribution in [1.29, 1.82) is 0 Å². The van der Waals surface area contributed by atoms with Gasteiger partial charge in [0.05, 0.1) is 11.0 Å². The van der Waals surface area contributed by atoms with Crippen LogP contribution >= 0.6 is 0 Å². The Morgan fingerprint density at radius 3 is 2.78 bits per heavy atom. The third kappa shape index (κ3) is 5.33. The average molecular weight is 364 g/mol. The summed E-state index contributed by atoms with van der Waals surface area (Å²) < 4.78 is 0. The van der Waals surface area contributed by atoms with E-state index in [0.29, 0.717) is 5.92 Å². The standard InChI is InChI=1S/C22H29N5/c1-16-8-6-9-18(14-16)17(2)15-25-22(23-3)24-13-7-12-21-26-19-10-4-5-11-20(19)27-21/h4-6,8-11,14,17H,7,12-13,15H2,1-3H3,(H,26,27)(H2,23,24,25). The van der Waals surface area contributed by atoms with Crippen molar-refractivity contribution in [2.24, 2.45) is 4.99 Å². The quantitative estimate of drug-likeness (QED) is 0.340. The van der Waals surface area contributed by atoms with Gasteiger partial charge in [-0.3, -0.25) is 4.99 Å². The number of aryl methyl sites for hydroxylation is 2. The van der Waals surface area contributed by atoms with Gasteiger partial charge in [-0.1, -0.05) is 48.9 Å². The topological polar surface area (TPSA) is 65.1 Å². The molecule has 0 bridgehead atoms. The van der Waals surface area contributed by atoms with Crippen LogP contribution in [0.2, 0.25) is 0 Å². The van der Waals surface area contributed by atoms with Crippen LogP contribution in [-0.2, 0) is 6.42 Å². The summed E-state index contributed by atoms with van der Waals surface area (Å²) in [5.74, 6) is 2.31. The zero-order chi connectivity index (χ0) is 19.1. The van der Waals surface area contributed by atoms with Crippen molar-refractivity contribution in [3.63, 3.8) is 0 Å². The number of benzene rings is 2. The Bertz CT molecular complexity index is 863. The van der Waals surface area contributed by atoms with Crippen molar-refractivity contribution in [3.8, 4) is 0 Å². The van der Waals surface area contributed by atoms with E-state index in [-0.39, 0.29) is 0 Å². The molecule has 3 rings (SSSR count). The minimum absolute atomic E-state index is 0.430. The van der Waals surface area contributed by atoms with Gasteiger partial charge >= 0.3 is 0 Å². The second-order valence-electron chi connectivity index (χ2n) is 7.00. The molecule has 2 aromatic carbocycles. The third-order valence-corrected chi connectivity index (χ3v) is 4.73. The van der Waals surface area contributed by atoms with E-state index < -0.39 is 0 Å². The van der Waals surface area contributed by atoms with Gasteiger partial charge in [-0.2, -0.15) is 0 Å². The lowest BCUT2D eigenvalue weighted by Crippen LogP contribution is -2.39. The molecule has 0 saturated heterocycles. The molecule has 0 aliphatic carbocycles. The lowest BCUT2D eigenvalue weighted by atomic mass is 9.99. The van der Waals surface area contributed by atoms with Crippen LogP contribution in [0.4, 0.5) is 0 Å². The van der Waals surface area contributed by atoms with Gasteiger partial charge in [-0.15, -0.1) is 0 Å². The largest absolute Gasteiger partial charge is 0.356 e. The molecule has 5 nitrogen and oxygen atoms in total. The van der Waals surface area contributed by atoms with E-state index in [4.69, 9.17) is 0 Å². The third-order valence-electron chi connectivity index (χ3n) is 4.73. The Balaban J connectivity index is 1.41. The van der Waals surface area contributed by atoms with Crippen molar-refractivity contribution in [3.05, 3.63) is 65.5 Å². The maximum atomic E-state index is 4.62. The summed E-state index contributed by atoms with van der Waals surface area (Å²) in [7, 11) is 1.81. The first kappa shape index (κ1) is 19.0. The van der Waals surface area contributed by atoms with E-state index in [1.807, 2.05) is 25.2 Å². The molecule has 0 amide bonds. The first-order valence-electron chi connectivity index (χ1n) is 9.60. The molecule has 3 N–H and O–H groups in total. The number of imidazole rings is 1. The molecule has 1 atom stereocenters. The van der Waals surface area contributed by atoms with Crippen molar-refractivity contribution < 1.29 is 0 Å². The number of nitrogens with one attached hydrogen (secondary N) is 3. The molecule has 27 heavy (non-hydrogen) atoms. The molecule has 0 spiro atoms. The summed E-state index contributed by atoms with van der Waals surface area (Å²) in [6.07, 6.45) is 1.91. The second kappa shape index (κ2) is 9.21. The molecule has 1 aromatic heterocycles. The second-order valence-corrected chi connectivity index (χ2v) is 7.00. The van der Waals surface area contributed by atoms with Gasteiger partial charge in [0.2, 0.25) is 0 Å². The van der Waals surface area contributed by atoms with E-state index in [2.05, 4.69) is 69.8 Å². The SMILES string of the molecule is CN=C(NCCCc1nc2ccccc2[nH]1)NCC(C)c1cccc(C)c1. The number of para-hydroxylation sites is 2. The molecule has 0 aliphatic rings. The van der Waals surface area contributed by atoms with E-state index in [9.17, 15) is 0 Å². The Morgan fingerprint density at radius 2 is 2.00 bits per heavy atom. The Kier molecular flexibility index (Phi) is 6.47. The minimum Gasteiger partial charge on any atom is -0.356 e. The van der Waals surface area contributed by atoms with Gasteiger partial charge < -0.3 is 15.6 Å². The highest BCUT2D eigenvalue weighted by Crippen LogP contribution is 2.15. The summed E-state index contributed by atoms with van der Waals surface area (Å²) in [6.45, 7) is 6.07. The number of nitrogens with zero attached hydrogens (tertiary/aromatic N) is 2. The fourth-order valence-corrected chi connectivity index (χ4v) is 3.15. The van der Waals surface area contributed by atoms with Crippen LogP contribution in [0.3, 0.4) is 0 Å². The Hall–Kier alpha value is -2.82. The van der Waals surface area contributed by atoms with Gasteiger partial charge in [-0.25, -0.2) is 4.98 Å². The normalized spacial score (nSPS) is 12.9. The number of hydrogen-bond donors (Lipinski definition) is 3. The van der Waals surface area contributed by atoms with Crippen LogP contribution in [0.5, 0.6) is 0 Å². The molecule has 1 heterocycles. The summed E-state index contributed by atoms with van der Waals surface area (Å²) in [4.78, 5) is 12.3. The maximum Gasteiger partial charge on any atom is 0.190 e. The highest BCUT2D eigenvalue weighted by molar-refractivity contribution is 5.79. The van der Waals surface area contributed by atoms with Gasteiger partial charge in [0.25, 0.3) is 0 Å². The number of aliphatic imine (C=N–C) groups is 1. The van der Waals surface area contributed by atoms with Gasteiger partial charge in [0.1, 0.15) is 5.82 Å². The number of aromatic nitrogens is 2. The van der Waals surface area contributed by atoms with Gasteiger partial charge in [0.15, 0.2) is 5.96 Å². The Labute approximate surface area is 161 Å². The highest BCUT2D eigenvalue weighted by Gasteiger charge is 2.07. The molecule has 5 heteroatoms. The predicted octanol–water partition coefficient (Wildman–Crippen LogP) is 3.77. The summed E-state index contributed by atoms with van der Waals surface area (Å²) in [5.41, 5.74) is 4.78. The van der Waals surface area contributed by atoms with Crippen molar-refractivity contribution in [2.45, 2.75) is 32.6 Å². The minimum atomic E-state index is 0.430. The number of guanidine groups is 1. The molecule has 0 fully saturated rings. The molecule has 0 saturated carbocycles. The van der Waals surface area contributed by atoms with Gasteiger partial charge in [0, 0.05) is 26.6 Å². The fourth-order valence-electron chi connectivity index (χ4n) is 3.15. The number of H-pyrrole nitrogens is 1. The first-order chi connectivity index (χ1) is 13.2. The number of aromatic amines is 1. The number of fused-ring (bicyclic) bond motifs is 1. The zero-order valence-corrected chi connectivity index (χ0v) is 16.4. The Morgan fingerprint density at radius 1 is 1.15 bits per heavy atom. The predicted molar refractivity (Wildman–Crippen MR) is 113 cm³/mol. The summed E-state index contributed by atoms with van der Waals surface area (Å²) in [6, 6.07) is 16.8. The van der Waals surface area contributed by atoms with Crippen LogP contribution in [0.15, 0.2) is 53.5 Å². The van der Waals surface area contributed by atoms with E-state index in [0.717, 1.165) is 48.7 Å². The van der Waals surface area contributed by atoms with Crippen LogP contribution in [0, 0.1) is 6.92 Å². The molecule has 0 aliphatic heterocycles. The molecule has 142 valence electrons. The smallest absolute Gasteiger partial charge is 0.190 e. The first-order valence-corrected chi connectivity index (χ1v) is 9.60.